The lowest BCUT2D eigenvalue weighted by Crippen LogP contribution is -1.98. The molecule has 0 nitrogen and oxygen atoms in total. The van der Waals surface area contributed by atoms with E-state index in [9.17, 15) is 0 Å². The fourth-order valence-corrected chi connectivity index (χ4v) is 1.57. The van der Waals surface area contributed by atoms with Crippen LogP contribution in [-0.2, 0) is 0 Å². The van der Waals surface area contributed by atoms with Crippen LogP contribution in [0, 0.1) is 17.3 Å². The first-order valence-electron chi connectivity index (χ1n) is 3.43. The fourth-order valence-electron chi connectivity index (χ4n) is 1.57. The average Bonchev–Trinajstić information content (AvgIpc) is 2.47. The van der Waals surface area contributed by atoms with E-state index in [1.54, 1.807) is 0 Å². The Morgan fingerprint density at radius 2 is 2.00 bits per heavy atom. The minimum atomic E-state index is 0.583. The standard InChI is InChI=1S/C8H12/c1-6-5-7(6)8(2)3-4-8/h3-4,6-7H,5H2,1-2H3. The highest BCUT2D eigenvalue weighted by Crippen LogP contribution is 2.57. The van der Waals surface area contributed by atoms with Crippen molar-refractivity contribution in [2.24, 2.45) is 17.3 Å². The average molecular weight is 108 g/mol. The zero-order valence-corrected chi connectivity index (χ0v) is 5.52. The maximum atomic E-state index is 2.34. The zero-order valence-electron chi connectivity index (χ0n) is 5.52. The highest BCUT2D eigenvalue weighted by molar-refractivity contribution is 5.29. The largest absolute Gasteiger partial charge is 0.0777 e. The van der Waals surface area contributed by atoms with Crippen molar-refractivity contribution in [2.45, 2.75) is 20.3 Å². The summed E-state index contributed by atoms with van der Waals surface area (Å²) in [6.45, 7) is 4.68. The first-order valence-corrected chi connectivity index (χ1v) is 3.43. The topological polar surface area (TPSA) is 0 Å². The van der Waals surface area contributed by atoms with Gasteiger partial charge in [0.05, 0.1) is 0 Å². The van der Waals surface area contributed by atoms with Gasteiger partial charge >= 0.3 is 0 Å². The summed E-state index contributed by atoms with van der Waals surface area (Å²) in [5.41, 5.74) is 0.583. The molecule has 44 valence electrons. The van der Waals surface area contributed by atoms with Crippen molar-refractivity contribution in [3.05, 3.63) is 12.2 Å². The summed E-state index contributed by atoms with van der Waals surface area (Å²) < 4.78 is 0. The summed E-state index contributed by atoms with van der Waals surface area (Å²) >= 11 is 0. The molecule has 0 aliphatic heterocycles. The molecule has 2 unspecified atom stereocenters. The quantitative estimate of drug-likeness (QED) is 0.452. The van der Waals surface area contributed by atoms with Gasteiger partial charge in [0, 0.05) is 5.41 Å². The van der Waals surface area contributed by atoms with Crippen LogP contribution in [0.4, 0.5) is 0 Å². The van der Waals surface area contributed by atoms with Crippen LogP contribution in [0.5, 0.6) is 0 Å². The van der Waals surface area contributed by atoms with Crippen molar-refractivity contribution >= 4 is 0 Å². The predicted molar refractivity (Wildman–Crippen MR) is 34.5 cm³/mol. The second-order valence-corrected chi connectivity index (χ2v) is 3.52. The van der Waals surface area contributed by atoms with Crippen molar-refractivity contribution in [3.63, 3.8) is 0 Å². The predicted octanol–water partition coefficient (Wildman–Crippen LogP) is 2.22. The Morgan fingerprint density at radius 1 is 1.50 bits per heavy atom. The smallest absolute Gasteiger partial charge is 0.00641 e. The van der Waals surface area contributed by atoms with Gasteiger partial charge in [-0.1, -0.05) is 26.0 Å². The van der Waals surface area contributed by atoms with Gasteiger partial charge in [0.2, 0.25) is 0 Å². The van der Waals surface area contributed by atoms with Crippen LogP contribution in [0.15, 0.2) is 12.2 Å². The summed E-state index contributed by atoms with van der Waals surface area (Å²) in [4.78, 5) is 0. The molecule has 2 aliphatic carbocycles. The first kappa shape index (κ1) is 4.60. The third-order valence-electron chi connectivity index (χ3n) is 2.60. The van der Waals surface area contributed by atoms with Gasteiger partial charge in [-0.05, 0) is 18.3 Å². The molecule has 1 saturated carbocycles. The molecular weight excluding hydrogens is 96.1 g/mol. The second-order valence-electron chi connectivity index (χ2n) is 3.52. The molecule has 0 amide bonds. The van der Waals surface area contributed by atoms with Gasteiger partial charge in [-0.25, -0.2) is 0 Å². The van der Waals surface area contributed by atoms with Crippen molar-refractivity contribution in [3.8, 4) is 0 Å². The molecular formula is C8H12. The Labute approximate surface area is 50.6 Å². The third kappa shape index (κ3) is 0.460. The molecule has 0 saturated heterocycles. The molecule has 0 aromatic heterocycles. The van der Waals surface area contributed by atoms with Crippen LogP contribution in [0.2, 0.25) is 0 Å². The molecule has 2 aliphatic rings. The van der Waals surface area contributed by atoms with Crippen molar-refractivity contribution in [1.82, 2.24) is 0 Å². The van der Waals surface area contributed by atoms with Crippen LogP contribution >= 0.6 is 0 Å². The zero-order chi connectivity index (χ0) is 5.78. The van der Waals surface area contributed by atoms with E-state index in [4.69, 9.17) is 0 Å². The summed E-state index contributed by atoms with van der Waals surface area (Å²) in [5, 5.41) is 0. The molecule has 0 radical (unpaired) electrons. The Morgan fingerprint density at radius 3 is 2.12 bits per heavy atom. The monoisotopic (exact) mass is 108 g/mol. The Hall–Kier alpha value is -0.260. The molecule has 0 N–H and O–H groups in total. The van der Waals surface area contributed by atoms with Crippen LogP contribution in [-0.4, -0.2) is 0 Å². The minimum absolute atomic E-state index is 0.583. The fraction of sp³-hybridized carbons (Fsp3) is 0.750. The van der Waals surface area contributed by atoms with Gasteiger partial charge in [0.15, 0.2) is 0 Å². The molecule has 2 rings (SSSR count). The lowest BCUT2D eigenvalue weighted by molar-refractivity contribution is 0.517. The van der Waals surface area contributed by atoms with E-state index >= 15 is 0 Å². The van der Waals surface area contributed by atoms with Crippen molar-refractivity contribution in [1.29, 1.82) is 0 Å². The lowest BCUT2D eigenvalue weighted by Gasteiger charge is -2.04. The molecule has 0 spiro atoms. The van der Waals surface area contributed by atoms with Crippen LogP contribution < -0.4 is 0 Å². The van der Waals surface area contributed by atoms with Crippen LogP contribution in [0.25, 0.3) is 0 Å². The third-order valence-corrected chi connectivity index (χ3v) is 2.60. The minimum Gasteiger partial charge on any atom is -0.0777 e. The molecule has 0 heteroatoms. The van der Waals surface area contributed by atoms with E-state index in [1.807, 2.05) is 0 Å². The molecule has 2 atom stereocenters. The summed E-state index contributed by atoms with van der Waals surface area (Å²) in [6, 6.07) is 0. The maximum absolute atomic E-state index is 2.34. The summed E-state index contributed by atoms with van der Waals surface area (Å²) in [6.07, 6.45) is 6.13. The maximum Gasteiger partial charge on any atom is 0.00641 e. The van der Waals surface area contributed by atoms with Gasteiger partial charge < -0.3 is 0 Å². The van der Waals surface area contributed by atoms with Crippen molar-refractivity contribution in [2.75, 3.05) is 0 Å². The molecule has 1 fully saturated rings. The second kappa shape index (κ2) is 1.02. The number of hydrogen-bond acceptors (Lipinski definition) is 0. The van der Waals surface area contributed by atoms with E-state index in [0.717, 1.165) is 11.8 Å². The van der Waals surface area contributed by atoms with Gasteiger partial charge in [0.1, 0.15) is 0 Å². The molecule has 8 heavy (non-hydrogen) atoms. The van der Waals surface area contributed by atoms with E-state index in [2.05, 4.69) is 26.0 Å². The number of allylic oxidation sites excluding steroid dienone is 2. The Kier molecular flexibility index (Phi) is 0.588. The van der Waals surface area contributed by atoms with Gasteiger partial charge in [-0.15, -0.1) is 0 Å². The summed E-state index contributed by atoms with van der Waals surface area (Å²) in [5.74, 6) is 2.03. The van der Waals surface area contributed by atoms with Crippen LogP contribution in [0.3, 0.4) is 0 Å². The first-order chi connectivity index (χ1) is 3.72. The normalized spacial score (nSPS) is 46.8. The SMILES string of the molecule is CC1CC1C1(C)C=C1. The van der Waals surface area contributed by atoms with Crippen molar-refractivity contribution < 1.29 is 0 Å². The summed E-state index contributed by atoms with van der Waals surface area (Å²) in [7, 11) is 0. The Balaban J connectivity index is 2.01. The molecule has 0 heterocycles. The molecule has 0 aromatic rings. The molecule has 0 bridgehead atoms. The number of rotatable bonds is 1. The Bertz CT molecular complexity index is 138. The van der Waals surface area contributed by atoms with E-state index in [0.29, 0.717) is 5.41 Å². The lowest BCUT2D eigenvalue weighted by atomic mass is 10.00. The van der Waals surface area contributed by atoms with E-state index < -0.39 is 0 Å². The number of hydrogen-bond donors (Lipinski definition) is 0. The van der Waals surface area contributed by atoms with E-state index in [1.165, 1.54) is 6.42 Å². The van der Waals surface area contributed by atoms with Gasteiger partial charge in [-0.2, -0.15) is 0 Å². The highest BCUT2D eigenvalue weighted by Gasteiger charge is 2.49. The highest BCUT2D eigenvalue weighted by atomic mass is 14.5. The molecule has 0 aromatic carbocycles. The van der Waals surface area contributed by atoms with Gasteiger partial charge in [-0.3, -0.25) is 0 Å². The van der Waals surface area contributed by atoms with E-state index in [-0.39, 0.29) is 0 Å². The van der Waals surface area contributed by atoms with Crippen LogP contribution in [0.1, 0.15) is 20.3 Å². The van der Waals surface area contributed by atoms with Gasteiger partial charge in [0.25, 0.3) is 0 Å².